The SMILES string of the molecule is CC(C)(C)OC(=O)C1(N)Cc2ccccc2C1. The molecule has 0 aliphatic heterocycles. The topological polar surface area (TPSA) is 52.3 Å². The van der Waals surface area contributed by atoms with E-state index >= 15 is 0 Å². The van der Waals surface area contributed by atoms with Crippen LogP contribution < -0.4 is 5.73 Å². The van der Waals surface area contributed by atoms with Crippen LogP contribution in [-0.2, 0) is 22.4 Å². The van der Waals surface area contributed by atoms with Gasteiger partial charge in [-0.15, -0.1) is 0 Å². The fraction of sp³-hybridized carbons (Fsp3) is 0.500. The summed E-state index contributed by atoms with van der Waals surface area (Å²) in [6.07, 6.45) is 1.14. The highest BCUT2D eigenvalue weighted by atomic mass is 16.6. The van der Waals surface area contributed by atoms with E-state index in [2.05, 4.69) is 0 Å². The maximum Gasteiger partial charge on any atom is 0.327 e. The third kappa shape index (κ3) is 2.50. The van der Waals surface area contributed by atoms with E-state index < -0.39 is 11.1 Å². The van der Waals surface area contributed by atoms with Crippen molar-refractivity contribution >= 4 is 5.97 Å². The van der Waals surface area contributed by atoms with Crippen molar-refractivity contribution in [2.45, 2.75) is 44.8 Å². The smallest absolute Gasteiger partial charge is 0.327 e. The van der Waals surface area contributed by atoms with Crippen LogP contribution in [0.5, 0.6) is 0 Å². The van der Waals surface area contributed by atoms with Crippen molar-refractivity contribution < 1.29 is 9.53 Å². The Morgan fingerprint density at radius 3 is 2.12 bits per heavy atom. The van der Waals surface area contributed by atoms with Crippen LogP contribution in [-0.4, -0.2) is 17.1 Å². The van der Waals surface area contributed by atoms with Crippen LogP contribution in [0.15, 0.2) is 24.3 Å². The molecule has 92 valence electrons. The summed E-state index contributed by atoms with van der Waals surface area (Å²) < 4.78 is 5.39. The van der Waals surface area contributed by atoms with Crippen molar-refractivity contribution in [1.29, 1.82) is 0 Å². The first-order valence-corrected chi connectivity index (χ1v) is 5.89. The van der Waals surface area contributed by atoms with E-state index in [0.29, 0.717) is 12.8 Å². The van der Waals surface area contributed by atoms with E-state index in [1.165, 1.54) is 0 Å². The Morgan fingerprint density at radius 2 is 1.71 bits per heavy atom. The molecule has 1 aliphatic rings. The summed E-state index contributed by atoms with van der Waals surface area (Å²) >= 11 is 0. The highest BCUT2D eigenvalue weighted by Crippen LogP contribution is 2.30. The molecule has 0 atom stereocenters. The zero-order valence-electron chi connectivity index (χ0n) is 10.6. The second-order valence-electron chi connectivity index (χ2n) is 5.78. The number of fused-ring (bicyclic) bond motifs is 1. The quantitative estimate of drug-likeness (QED) is 0.753. The fourth-order valence-corrected chi connectivity index (χ4v) is 2.17. The number of rotatable bonds is 1. The molecule has 0 unspecified atom stereocenters. The molecule has 0 spiro atoms. The zero-order valence-corrected chi connectivity index (χ0v) is 10.6. The molecule has 0 heterocycles. The van der Waals surface area contributed by atoms with Crippen LogP contribution in [0, 0.1) is 0 Å². The second kappa shape index (κ2) is 3.84. The third-order valence-electron chi connectivity index (χ3n) is 2.94. The number of esters is 1. The molecule has 0 saturated carbocycles. The second-order valence-corrected chi connectivity index (χ2v) is 5.78. The summed E-state index contributed by atoms with van der Waals surface area (Å²) in [6, 6.07) is 7.99. The van der Waals surface area contributed by atoms with Crippen LogP contribution in [0.25, 0.3) is 0 Å². The Balaban J connectivity index is 2.17. The predicted molar refractivity (Wildman–Crippen MR) is 66.6 cm³/mol. The van der Waals surface area contributed by atoms with Gasteiger partial charge < -0.3 is 10.5 Å². The maximum absolute atomic E-state index is 12.1. The number of nitrogens with two attached hydrogens (primary N) is 1. The Morgan fingerprint density at radius 1 is 1.24 bits per heavy atom. The third-order valence-corrected chi connectivity index (χ3v) is 2.94. The van der Waals surface area contributed by atoms with Crippen molar-refractivity contribution in [2.24, 2.45) is 5.73 Å². The van der Waals surface area contributed by atoms with Gasteiger partial charge in [0.15, 0.2) is 0 Å². The number of carbonyl (C=O) groups is 1. The molecule has 2 N–H and O–H groups in total. The number of carbonyl (C=O) groups excluding carboxylic acids is 1. The van der Waals surface area contributed by atoms with Gasteiger partial charge in [-0.1, -0.05) is 24.3 Å². The van der Waals surface area contributed by atoms with Crippen LogP contribution in [0.3, 0.4) is 0 Å². The molecule has 1 aromatic rings. The summed E-state index contributed by atoms with van der Waals surface area (Å²) in [7, 11) is 0. The van der Waals surface area contributed by atoms with Crippen LogP contribution in [0.2, 0.25) is 0 Å². The summed E-state index contributed by atoms with van der Waals surface area (Å²) in [6.45, 7) is 5.57. The lowest BCUT2D eigenvalue weighted by Gasteiger charge is -2.27. The average Bonchev–Trinajstić information content (AvgIpc) is 2.52. The van der Waals surface area contributed by atoms with Crippen LogP contribution in [0.1, 0.15) is 31.9 Å². The Kier molecular flexibility index (Phi) is 2.74. The highest BCUT2D eigenvalue weighted by molar-refractivity contribution is 5.83. The monoisotopic (exact) mass is 233 g/mol. The van der Waals surface area contributed by atoms with Gasteiger partial charge in [-0.2, -0.15) is 0 Å². The molecular formula is C14H19NO2. The molecule has 0 amide bonds. The van der Waals surface area contributed by atoms with Gasteiger partial charge in [-0.25, -0.2) is 0 Å². The van der Waals surface area contributed by atoms with Gasteiger partial charge in [0.2, 0.25) is 0 Å². The van der Waals surface area contributed by atoms with Gasteiger partial charge in [0, 0.05) is 12.8 Å². The van der Waals surface area contributed by atoms with E-state index in [9.17, 15) is 4.79 Å². The standard InChI is InChI=1S/C14H19NO2/c1-13(2,3)17-12(16)14(15)8-10-6-4-5-7-11(10)9-14/h4-7H,8-9,15H2,1-3H3. The lowest BCUT2D eigenvalue weighted by Crippen LogP contribution is -2.51. The average molecular weight is 233 g/mol. The Bertz CT molecular complexity index is 421. The molecule has 1 aromatic carbocycles. The first kappa shape index (κ1) is 12.1. The predicted octanol–water partition coefficient (Wildman–Crippen LogP) is 1.82. The van der Waals surface area contributed by atoms with Gasteiger partial charge in [0.05, 0.1) is 0 Å². The lowest BCUT2D eigenvalue weighted by molar-refractivity contribution is -0.161. The Labute approximate surface area is 102 Å². The molecule has 0 aromatic heterocycles. The molecule has 0 saturated heterocycles. The summed E-state index contributed by atoms with van der Waals surface area (Å²) in [5.41, 5.74) is 7.11. The van der Waals surface area contributed by atoms with E-state index in [4.69, 9.17) is 10.5 Å². The normalized spacial score (nSPS) is 17.6. The van der Waals surface area contributed by atoms with Gasteiger partial charge in [-0.05, 0) is 31.9 Å². The lowest BCUT2D eigenvalue weighted by atomic mass is 9.97. The highest BCUT2D eigenvalue weighted by Gasteiger charge is 2.42. The molecule has 3 heteroatoms. The molecule has 1 aliphatic carbocycles. The molecule has 2 rings (SSSR count). The van der Waals surface area contributed by atoms with E-state index in [-0.39, 0.29) is 5.97 Å². The number of hydrogen-bond donors (Lipinski definition) is 1. The number of hydrogen-bond acceptors (Lipinski definition) is 3. The Hall–Kier alpha value is -1.35. The molecular weight excluding hydrogens is 214 g/mol. The van der Waals surface area contributed by atoms with Gasteiger partial charge >= 0.3 is 5.97 Å². The van der Waals surface area contributed by atoms with Crippen molar-refractivity contribution in [3.8, 4) is 0 Å². The first-order chi connectivity index (χ1) is 7.80. The van der Waals surface area contributed by atoms with Gasteiger partial charge in [0.25, 0.3) is 0 Å². The van der Waals surface area contributed by atoms with E-state index in [0.717, 1.165) is 11.1 Å². The maximum atomic E-state index is 12.1. The largest absolute Gasteiger partial charge is 0.459 e. The molecule has 0 radical (unpaired) electrons. The number of benzene rings is 1. The van der Waals surface area contributed by atoms with Crippen LogP contribution in [0.4, 0.5) is 0 Å². The van der Waals surface area contributed by atoms with Crippen molar-refractivity contribution in [1.82, 2.24) is 0 Å². The van der Waals surface area contributed by atoms with Crippen molar-refractivity contribution in [2.75, 3.05) is 0 Å². The van der Waals surface area contributed by atoms with Crippen molar-refractivity contribution in [3.63, 3.8) is 0 Å². The number of ether oxygens (including phenoxy) is 1. The zero-order chi connectivity index (χ0) is 12.7. The van der Waals surface area contributed by atoms with Gasteiger partial charge in [0.1, 0.15) is 11.1 Å². The first-order valence-electron chi connectivity index (χ1n) is 5.89. The van der Waals surface area contributed by atoms with E-state index in [1.54, 1.807) is 0 Å². The summed E-state index contributed by atoms with van der Waals surface area (Å²) in [5, 5.41) is 0. The minimum Gasteiger partial charge on any atom is -0.459 e. The van der Waals surface area contributed by atoms with Gasteiger partial charge in [-0.3, -0.25) is 4.79 Å². The molecule has 0 bridgehead atoms. The molecule has 0 fully saturated rings. The molecule has 17 heavy (non-hydrogen) atoms. The minimum atomic E-state index is -0.892. The van der Waals surface area contributed by atoms with E-state index in [1.807, 2.05) is 45.0 Å². The summed E-state index contributed by atoms with van der Waals surface area (Å²) in [4.78, 5) is 12.1. The summed E-state index contributed by atoms with van der Waals surface area (Å²) in [5.74, 6) is -0.304. The minimum absolute atomic E-state index is 0.304. The fourth-order valence-electron chi connectivity index (χ4n) is 2.17. The molecule has 3 nitrogen and oxygen atoms in total. The van der Waals surface area contributed by atoms with Crippen LogP contribution >= 0.6 is 0 Å². The van der Waals surface area contributed by atoms with Crippen molar-refractivity contribution in [3.05, 3.63) is 35.4 Å².